The summed E-state index contributed by atoms with van der Waals surface area (Å²) in [5.41, 5.74) is 6.25. The maximum atomic E-state index is 10.5. The molecular weight excluding hydrogens is 198 g/mol. The van der Waals surface area contributed by atoms with Crippen LogP contribution < -0.4 is 11.1 Å². The van der Waals surface area contributed by atoms with Crippen LogP contribution in [0.4, 0.5) is 4.79 Å². The average molecular weight is 211 g/mol. The Hall–Kier alpha value is -1.82. The summed E-state index contributed by atoms with van der Waals surface area (Å²) >= 11 is 0. The van der Waals surface area contributed by atoms with E-state index in [-0.39, 0.29) is 18.9 Å². The highest BCUT2D eigenvalue weighted by Gasteiger charge is 2.11. The molecule has 0 aliphatic carbocycles. The molecular formula is C9H13N3O3. The zero-order chi connectivity index (χ0) is 11.4. The van der Waals surface area contributed by atoms with E-state index in [0.717, 1.165) is 0 Å². The summed E-state index contributed by atoms with van der Waals surface area (Å²) in [5, 5.41) is 21.0. The van der Waals surface area contributed by atoms with Crippen LogP contribution in [0.3, 0.4) is 0 Å². The third-order valence-electron chi connectivity index (χ3n) is 2.04. The number of urea groups is 1. The minimum atomic E-state index is -0.687. The Balaban J connectivity index is 3.01. The molecule has 0 saturated heterocycles. The van der Waals surface area contributed by atoms with E-state index in [2.05, 4.69) is 10.3 Å². The number of hydrogen-bond acceptors (Lipinski definition) is 4. The summed E-state index contributed by atoms with van der Waals surface area (Å²) in [4.78, 5) is 14.4. The van der Waals surface area contributed by atoms with Crippen molar-refractivity contribution < 1.29 is 15.0 Å². The molecule has 2 amide bonds. The molecule has 6 nitrogen and oxygen atoms in total. The predicted octanol–water partition coefficient (Wildman–Crippen LogP) is -0.244. The summed E-state index contributed by atoms with van der Waals surface area (Å²) in [6.07, 6.45) is 1.45. The number of nitrogens with one attached hydrogen (secondary N) is 1. The fourth-order valence-corrected chi connectivity index (χ4v) is 1.19. The van der Waals surface area contributed by atoms with E-state index in [1.54, 1.807) is 6.92 Å². The highest BCUT2D eigenvalue weighted by molar-refractivity contribution is 5.71. The summed E-state index contributed by atoms with van der Waals surface area (Å²) in [7, 11) is 0. The second kappa shape index (κ2) is 4.61. The Morgan fingerprint density at radius 1 is 1.67 bits per heavy atom. The smallest absolute Gasteiger partial charge is 0.312 e. The standard InChI is InChI=1S/C9H13N3O3/c1-5-8(14)7(3-12-9(10)15)6(4-13)2-11-5/h2,13-14H,3-4H2,1H3,(H3,10,12,15). The maximum absolute atomic E-state index is 10.5. The number of carbonyl (C=O) groups excluding carboxylic acids is 1. The minimum Gasteiger partial charge on any atom is -0.506 e. The van der Waals surface area contributed by atoms with Crippen molar-refractivity contribution in [1.29, 1.82) is 0 Å². The molecule has 1 aromatic rings. The van der Waals surface area contributed by atoms with Gasteiger partial charge >= 0.3 is 6.03 Å². The van der Waals surface area contributed by atoms with Gasteiger partial charge in [-0.15, -0.1) is 0 Å². The van der Waals surface area contributed by atoms with Crippen molar-refractivity contribution in [3.8, 4) is 5.75 Å². The molecule has 5 N–H and O–H groups in total. The number of pyridine rings is 1. The Morgan fingerprint density at radius 3 is 2.87 bits per heavy atom. The van der Waals surface area contributed by atoms with E-state index in [1.807, 2.05) is 0 Å². The Bertz CT molecular complexity index is 379. The van der Waals surface area contributed by atoms with Gasteiger partial charge < -0.3 is 21.3 Å². The molecule has 0 atom stereocenters. The van der Waals surface area contributed by atoms with Crippen molar-refractivity contribution in [3.63, 3.8) is 0 Å². The van der Waals surface area contributed by atoms with E-state index in [9.17, 15) is 9.90 Å². The van der Waals surface area contributed by atoms with Crippen LogP contribution in [-0.2, 0) is 13.2 Å². The quantitative estimate of drug-likeness (QED) is 0.553. The van der Waals surface area contributed by atoms with Crippen LogP contribution in [0.2, 0.25) is 0 Å². The van der Waals surface area contributed by atoms with Crippen molar-refractivity contribution in [1.82, 2.24) is 10.3 Å². The zero-order valence-electron chi connectivity index (χ0n) is 8.32. The van der Waals surface area contributed by atoms with E-state index >= 15 is 0 Å². The number of aromatic hydroxyl groups is 1. The molecule has 0 aromatic carbocycles. The molecule has 1 rings (SSSR count). The predicted molar refractivity (Wildman–Crippen MR) is 53.0 cm³/mol. The number of nitrogens with two attached hydrogens (primary N) is 1. The van der Waals surface area contributed by atoms with Gasteiger partial charge in [-0.25, -0.2) is 4.79 Å². The van der Waals surface area contributed by atoms with Crippen LogP contribution in [0.25, 0.3) is 0 Å². The van der Waals surface area contributed by atoms with Crippen molar-refractivity contribution in [2.24, 2.45) is 5.73 Å². The summed E-state index contributed by atoms with van der Waals surface area (Å²) in [5.74, 6) is -0.0321. The number of aryl methyl sites for hydroxylation is 1. The van der Waals surface area contributed by atoms with Crippen LogP contribution in [0.15, 0.2) is 6.20 Å². The van der Waals surface area contributed by atoms with Crippen LogP contribution in [-0.4, -0.2) is 21.2 Å². The fraction of sp³-hybridized carbons (Fsp3) is 0.333. The summed E-state index contributed by atoms with van der Waals surface area (Å²) in [6.45, 7) is 1.45. The second-order valence-electron chi connectivity index (χ2n) is 3.07. The highest BCUT2D eigenvalue weighted by atomic mass is 16.3. The number of aliphatic hydroxyl groups excluding tert-OH is 1. The van der Waals surface area contributed by atoms with Crippen molar-refractivity contribution in [2.75, 3.05) is 0 Å². The van der Waals surface area contributed by atoms with Crippen molar-refractivity contribution >= 4 is 6.03 Å². The molecule has 0 bridgehead atoms. The Labute approximate surface area is 86.8 Å². The average Bonchev–Trinajstić information content (AvgIpc) is 2.20. The van der Waals surface area contributed by atoms with Crippen LogP contribution in [0.1, 0.15) is 16.8 Å². The number of amides is 2. The lowest BCUT2D eigenvalue weighted by molar-refractivity contribution is 0.248. The van der Waals surface area contributed by atoms with Gasteiger partial charge in [0.2, 0.25) is 0 Å². The van der Waals surface area contributed by atoms with Gasteiger partial charge in [0.05, 0.1) is 12.3 Å². The molecule has 0 saturated carbocycles. The van der Waals surface area contributed by atoms with Gasteiger partial charge in [0, 0.05) is 23.9 Å². The van der Waals surface area contributed by atoms with Crippen molar-refractivity contribution in [2.45, 2.75) is 20.1 Å². The van der Waals surface area contributed by atoms with E-state index in [0.29, 0.717) is 16.8 Å². The molecule has 0 aliphatic heterocycles. The van der Waals surface area contributed by atoms with Gasteiger partial charge in [-0.05, 0) is 6.92 Å². The van der Waals surface area contributed by atoms with Gasteiger partial charge in [0.25, 0.3) is 0 Å². The number of aliphatic hydroxyl groups is 1. The lowest BCUT2D eigenvalue weighted by Crippen LogP contribution is -2.29. The topological polar surface area (TPSA) is 108 Å². The Morgan fingerprint density at radius 2 is 2.33 bits per heavy atom. The summed E-state index contributed by atoms with van der Waals surface area (Å²) < 4.78 is 0. The number of carbonyl (C=O) groups is 1. The van der Waals surface area contributed by atoms with Gasteiger partial charge in [0.1, 0.15) is 5.75 Å². The third-order valence-corrected chi connectivity index (χ3v) is 2.04. The van der Waals surface area contributed by atoms with Gasteiger partial charge in [0.15, 0.2) is 0 Å². The maximum Gasteiger partial charge on any atom is 0.312 e. The molecule has 0 unspecified atom stereocenters. The lowest BCUT2D eigenvalue weighted by Gasteiger charge is -2.11. The molecule has 0 radical (unpaired) electrons. The normalized spacial score (nSPS) is 10.0. The first kappa shape index (κ1) is 11.3. The van der Waals surface area contributed by atoms with Gasteiger partial charge in [-0.1, -0.05) is 0 Å². The van der Waals surface area contributed by atoms with Crippen LogP contribution >= 0.6 is 0 Å². The molecule has 0 spiro atoms. The SMILES string of the molecule is Cc1ncc(CO)c(CNC(N)=O)c1O. The van der Waals surface area contributed by atoms with Crippen molar-refractivity contribution in [3.05, 3.63) is 23.0 Å². The molecule has 82 valence electrons. The third kappa shape index (κ3) is 2.57. The first-order chi connectivity index (χ1) is 7.06. The first-order valence-electron chi connectivity index (χ1n) is 4.36. The van der Waals surface area contributed by atoms with Crippen LogP contribution in [0, 0.1) is 6.92 Å². The molecule has 0 fully saturated rings. The minimum absolute atomic E-state index is 0.0321. The first-order valence-corrected chi connectivity index (χ1v) is 4.36. The largest absolute Gasteiger partial charge is 0.506 e. The number of primary amides is 1. The number of rotatable bonds is 3. The van der Waals surface area contributed by atoms with E-state index < -0.39 is 6.03 Å². The molecule has 1 heterocycles. The monoisotopic (exact) mass is 211 g/mol. The lowest BCUT2D eigenvalue weighted by atomic mass is 10.1. The number of aromatic nitrogens is 1. The summed E-state index contributed by atoms with van der Waals surface area (Å²) in [6, 6.07) is -0.687. The zero-order valence-corrected chi connectivity index (χ0v) is 8.32. The molecule has 15 heavy (non-hydrogen) atoms. The second-order valence-corrected chi connectivity index (χ2v) is 3.07. The fourth-order valence-electron chi connectivity index (χ4n) is 1.19. The Kier molecular flexibility index (Phi) is 3.46. The molecule has 6 heteroatoms. The number of nitrogens with zero attached hydrogens (tertiary/aromatic N) is 1. The van der Waals surface area contributed by atoms with Gasteiger partial charge in [-0.2, -0.15) is 0 Å². The van der Waals surface area contributed by atoms with Gasteiger partial charge in [-0.3, -0.25) is 4.98 Å². The molecule has 1 aromatic heterocycles. The highest BCUT2D eigenvalue weighted by Crippen LogP contribution is 2.23. The molecule has 0 aliphatic rings. The van der Waals surface area contributed by atoms with E-state index in [4.69, 9.17) is 10.8 Å². The number of hydrogen-bond donors (Lipinski definition) is 4. The van der Waals surface area contributed by atoms with Crippen LogP contribution in [0.5, 0.6) is 5.75 Å². The van der Waals surface area contributed by atoms with E-state index in [1.165, 1.54) is 6.20 Å².